The van der Waals surface area contributed by atoms with E-state index < -0.39 is 0 Å². The van der Waals surface area contributed by atoms with Crippen LogP contribution >= 0.6 is 11.8 Å². The van der Waals surface area contributed by atoms with Crippen molar-refractivity contribution >= 4 is 23.6 Å². The van der Waals surface area contributed by atoms with E-state index in [9.17, 15) is 4.79 Å². The van der Waals surface area contributed by atoms with Crippen LogP contribution in [0.4, 0.5) is 0 Å². The van der Waals surface area contributed by atoms with Crippen molar-refractivity contribution in [2.24, 2.45) is 4.99 Å². The van der Waals surface area contributed by atoms with Crippen molar-refractivity contribution < 1.29 is 0 Å². The summed E-state index contributed by atoms with van der Waals surface area (Å²) in [6.07, 6.45) is 3.43. The first-order chi connectivity index (χ1) is 14.2. The molecule has 0 bridgehead atoms. The van der Waals surface area contributed by atoms with E-state index in [1.54, 1.807) is 28.6 Å². The van der Waals surface area contributed by atoms with Gasteiger partial charge in [-0.05, 0) is 29.7 Å². The van der Waals surface area contributed by atoms with Crippen molar-refractivity contribution in [3.8, 4) is 0 Å². The molecule has 0 amide bonds. The smallest absolute Gasteiger partial charge is 0.267 e. The highest BCUT2D eigenvalue weighted by molar-refractivity contribution is 7.98. The molecule has 4 rings (SSSR count). The van der Waals surface area contributed by atoms with Crippen molar-refractivity contribution in [1.29, 1.82) is 0 Å². The zero-order valence-corrected chi connectivity index (χ0v) is 17.0. The summed E-state index contributed by atoms with van der Waals surface area (Å²) in [4.78, 5) is 22.5. The van der Waals surface area contributed by atoms with E-state index in [1.165, 1.54) is 5.56 Å². The highest BCUT2D eigenvalue weighted by atomic mass is 32.2. The number of thioether (sulfide) groups is 1. The van der Waals surface area contributed by atoms with Crippen LogP contribution in [0.5, 0.6) is 0 Å². The highest BCUT2D eigenvalue weighted by Crippen LogP contribution is 2.23. The molecule has 144 valence electrons. The molecule has 0 N–H and O–H groups in total. The zero-order valence-electron chi connectivity index (χ0n) is 16.2. The Hall–Kier alpha value is -3.18. The molecular formula is C24H21N3OS. The van der Waals surface area contributed by atoms with E-state index in [-0.39, 0.29) is 5.56 Å². The van der Waals surface area contributed by atoms with E-state index in [1.807, 2.05) is 67.6 Å². The van der Waals surface area contributed by atoms with Crippen LogP contribution in [-0.4, -0.2) is 15.6 Å². The Labute approximate surface area is 174 Å². The third kappa shape index (κ3) is 4.46. The fourth-order valence-corrected chi connectivity index (χ4v) is 4.01. The first-order valence-electron chi connectivity index (χ1n) is 9.45. The second-order valence-electron chi connectivity index (χ2n) is 6.75. The summed E-state index contributed by atoms with van der Waals surface area (Å²) in [5, 5.41) is 0.713. The zero-order chi connectivity index (χ0) is 20.1. The van der Waals surface area contributed by atoms with Gasteiger partial charge in [0.05, 0.1) is 12.1 Å². The molecule has 0 saturated heterocycles. The maximum atomic E-state index is 13.2. The first-order valence-corrected chi connectivity index (χ1v) is 10.4. The second kappa shape index (κ2) is 8.88. The number of nitrogens with zero attached hydrogens (tertiary/aromatic N) is 3. The highest BCUT2D eigenvalue weighted by Gasteiger charge is 2.13. The van der Waals surface area contributed by atoms with Crippen LogP contribution in [0.2, 0.25) is 0 Å². The topological polar surface area (TPSA) is 46.7 Å². The summed E-state index contributed by atoms with van der Waals surface area (Å²) in [6.45, 7) is 2.50. The van der Waals surface area contributed by atoms with E-state index in [4.69, 9.17) is 4.98 Å². The first kappa shape index (κ1) is 19.2. The fraction of sp³-hybridized carbons (Fsp3) is 0.125. The predicted molar refractivity (Wildman–Crippen MR) is 120 cm³/mol. The Kier molecular flexibility index (Phi) is 5.86. The minimum Gasteiger partial charge on any atom is -0.288 e. The lowest BCUT2D eigenvalue weighted by molar-refractivity contribution is 0.964. The van der Waals surface area contributed by atoms with E-state index in [0.29, 0.717) is 22.8 Å². The van der Waals surface area contributed by atoms with E-state index in [2.05, 4.69) is 17.1 Å². The van der Waals surface area contributed by atoms with Gasteiger partial charge in [0.2, 0.25) is 0 Å². The third-order valence-electron chi connectivity index (χ3n) is 4.60. The van der Waals surface area contributed by atoms with Gasteiger partial charge in [-0.15, -0.1) is 11.8 Å². The lowest BCUT2D eigenvalue weighted by Crippen LogP contribution is -2.21. The van der Waals surface area contributed by atoms with Gasteiger partial charge in [-0.2, -0.15) is 0 Å². The number of fused-ring (bicyclic) bond motifs is 1. The fourth-order valence-electron chi connectivity index (χ4n) is 3.06. The van der Waals surface area contributed by atoms with Crippen molar-refractivity contribution in [1.82, 2.24) is 9.38 Å². The van der Waals surface area contributed by atoms with Crippen LogP contribution in [0.15, 0.2) is 93.8 Å². The number of aliphatic imine (C=N–C) groups is 1. The monoisotopic (exact) mass is 399 g/mol. The van der Waals surface area contributed by atoms with Gasteiger partial charge in [0.25, 0.3) is 5.56 Å². The molecule has 2 aromatic heterocycles. The van der Waals surface area contributed by atoms with Gasteiger partial charge in [-0.1, -0.05) is 66.7 Å². The molecule has 0 aliphatic carbocycles. The van der Waals surface area contributed by atoms with E-state index >= 15 is 0 Å². The molecule has 4 aromatic rings. The van der Waals surface area contributed by atoms with Gasteiger partial charge in [0.15, 0.2) is 0 Å². The van der Waals surface area contributed by atoms with Crippen molar-refractivity contribution in [2.45, 2.75) is 24.2 Å². The molecular weight excluding hydrogens is 378 g/mol. The average molecular weight is 400 g/mol. The molecule has 0 radical (unpaired) electrons. The molecule has 2 aromatic carbocycles. The van der Waals surface area contributed by atoms with E-state index in [0.717, 1.165) is 16.9 Å². The Morgan fingerprint density at radius 2 is 1.66 bits per heavy atom. The van der Waals surface area contributed by atoms with Crippen molar-refractivity contribution in [3.63, 3.8) is 0 Å². The molecule has 0 spiro atoms. The van der Waals surface area contributed by atoms with Gasteiger partial charge < -0.3 is 0 Å². The predicted octanol–water partition coefficient (Wildman–Crippen LogP) is 4.91. The molecule has 29 heavy (non-hydrogen) atoms. The average Bonchev–Trinajstić information content (AvgIpc) is 2.76. The van der Waals surface area contributed by atoms with Crippen LogP contribution < -0.4 is 5.56 Å². The minimum absolute atomic E-state index is 0.0916. The quantitative estimate of drug-likeness (QED) is 0.263. The summed E-state index contributed by atoms with van der Waals surface area (Å²) in [6, 6.07) is 24.0. The van der Waals surface area contributed by atoms with Gasteiger partial charge in [0, 0.05) is 18.2 Å². The van der Waals surface area contributed by atoms with Crippen LogP contribution in [0.1, 0.15) is 22.3 Å². The molecule has 2 heterocycles. The lowest BCUT2D eigenvalue weighted by Gasteiger charge is -2.09. The van der Waals surface area contributed by atoms with Crippen LogP contribution in [0, 0.1) is 6.92 Å². The van der Waals surface area contributed by atoms with Gasteiger partial charge in [-0.25, -0.2) is 4.98 Å². The van der Waals surface area contributed by atoms with Crippen LogP contribution in [-0.2, 0) is 12.3 Å². The normalized spacial score (nSPS) is 11.3. The van der Waals surface area contributed by atoms with Gasteiger partial charge >= 0.3 is 0 Å². The molecule has 0 fully saturated rings. The van der Waals surface area contributed by atoms with Gasteiger partial charge in [0.1, 0.15) is 10.7 Å². The maximum Gasteiger partial charge on any atom is 0.267 e. The number of hydrogen-bond donors (Lipinski definition) is 0. The summed E-state index contributed by atoms with van der Waals surface area (Å²) in [5.74, 6) is 0.745. The SMILES string of the molecule is Cc1cccn2c(=O)c(C=NCc3ccccc3)c(SCc3ccccc3)nc12. The lowest BCUT2D eigenvalue weighted by atomic mass is 10.2. The Morgan fingerprint density at radius 1 is 0.966 bits per heavy atom. The van der Waals surface area contributed by atoms with Gasteiger partial charge in [-0.3, -0.25) is 14.2 Å². The third-order valence-corrected chi connectivity index (χ3v) is 5.67. The summed E-state index contributed by atoms with van der Waals surface area (Å²) in [7, 11) is 0. The summed E-state index contributed by atoms with van der Waals surface area (Å²) < 4.78 is 1.60. The second-order valence-corrected chi connectivity index (χ2v) is 7.71. The molecule has 0 saturated carbocycles. The maximum absolute atomic E-state index is 13.2. The number of rotatable bonds is 6. The number of pyridine rings is 1. The molecule has 4 nitrogen and oxygen atoms in total. The summed E-state index contributed by atoms with van der Waals surface area (Å²) in [5.41, 5.74) is 4.40. The number of aromatic nitrogens is 2. The molecule has 0 atom stereocenters. The number of benzene rings is 2. The van der Waals surface area contributed by atoms with Crippen molar-refractivity contribution in [3.05, 3.63) is 112 Å². The molecule has 0 aliphatic rings. The minimum atomic E-state index is -0.0916. The Bertz CT molecular complexity index is 1200. The molecule has 0 aliphatic heterocycles. The number of hydrogen-bond acceptors (Lipinski definition) is 4. The number of aryl methyl sites for hydroxylation is 1. The summed E-state index contributed by atoms with van der Waals surface area (Å²) >= 11 is 1.57. The standard InChI is InChI=1S/C24H21N3OS/c1-18-9-8-14-27-22(18)26-23(29-17-20-12-6-3-7-13-20)21(24(27)28)16-25-15-19-10-4-2-5-11-19/h2-14,16H,15,17H2,1H3. The largest absolute Gasteiger partial charge is 0.288 e. The Morgan fingerprint density at radius 3 is 2.38 bits per heavy atom. The Balaban J connectivity index is 1.71. The molecule has 0 unspecified atom stereocenters. The molecule has 5 heteroatoms. The van der Waals surface area contributed by atoms with Crippen LogP contribution in [0.3, 0.4) is 0 Å². The van der Waals surface area contributed by atoms with Crippen molar-refractivity contribution in [2.75, 3.05) is 0 Å². The van der Waals surface area contributed by atoms with Crippen LogP contribution in [0.25, 0.3) is 5.65 Å².